The zero-order chi connectivity index (χ0) is 10.9. The van der Waals surface area contributed by atoms with Crippen LogP contribution >= 0.6 is 12.4 Å². The Balaban J connectivity index is 0.00000225. The summed E-state index contributed by atoms with van der Waals surface area (Å²) in [6, 6.07) is 7.60. The standard InChI is InChI=1S/C13H21NO.ClH/c1-2-3-4-5-6-10-15-13-9-7-8-12(14)11-13;/h7-9,11H,2-6,10,14H2,1H3;1H. The highest BCUT2D eigenvalue weighted by Gasteiger charge is 1.94. The maximum Gasteiger partial charge on any atom is 0.121 e. The summed E-state index contributed by atoms with van der Waals surface area (Å²) in [5.74, 6) is 0.880. The Bertz CT molecular complexity index is 278. The van der Waals surface area contributed by atoms with Gasteiger partial charge in [0.05, 0.1) is 6.61 Å². The van der Waals surface area contributed by atoms with Crippen molar-refractivity contribution in [3.63, 3.8) is 0 Å². The molecule has 92 valence electrons. The Morgan fingerprint density at radius 1 is 1.12 bits per heavy atom. The third-order valence-electron chi connectivity index (χ3n) is 2.37. The van der Waals surface area contributed by atoms with Crippen molar-refractivity contribution in [3.05, 3.63) is 24.3 Å². The Hall–Kier alpha value is -0.890. The molecule has 0 aromatic heterocycles. The Labute approximate surface area is 105 Å². The molecule has 0 spiro atoms. The summed E-state index contributed by atoms with van der Waals surface area (Å²) in [6.07, 6.45) is 6.33. The van der Waals surface area contributed by atoms with Crippen LogP contribution in [0, 0.1) is 0 Å². The van der Waals surface area contributed by atoms with E-state index in [9.17, 15) is 0 Å². The van der Waals surface area contributed by atoms with Crippen LogP contribution in [-0.2, 0) is 0 Å². The highest BCUT2D eigenvalue weighted by molar-refractivity contribution is 5.85. The number of ether oxygens (including phenoxy) is 1. The molecule has 2 N–H and O–H groups in total. The van der Waals surface area contributed by atoms with Crippen molar-refractivity contribution in [2.75, 3.05) is 12.3 Å². The fourth-order valence-corrected chi connectivity index (χ4v) is 1.50. The zero-order valence-electron chi connectivity index (χ0n) is 9.95. The number of benzene rings is 1. The topological polar surface area (TPSA) is 35.2 Å². The molecule has 2 nitrogen and oxygen atoms in total. The summed E-state index contributed by atoms with van der Waals surface area (Å²) in [5.41, 5.74) is 6.41. The van der Waals surface area contributed by atoms with E-state index in [2.05, 4.69) is 6.92 Å². The number of anilines is 1. The van der Waals surface area contributed by atoms with Gasteiger partial charge in [-0.1, -0.05) is 38.7 Å². The van der Waals surface area contributed by atoms with Crippen LogP contribution in [0.25, 0.3) is 0 Å². The highest BCUT2D eigenvalue weighted by Crippen LogP contribution is 2.15. The first kappa shape index (κ1) is 15.1. The second kappa shape index (κ2) is 9.34. The summed E-state index contributed by atoms with van der Waals surface area (Å²) in [7, 11) is 0. The molecular weight excluding hydrogens is 222 g/mol. The first-order valence-electron chi connectivity index (χ1n) is 5.81. The molecule has 0 bridgehead atoms. The maximum absolute atomic E-state index is 5.65. The molecule has 0 radical (unpaired) electrons. The van der Waals surface area contributed by atoms with Crippen molar-refractivity contribution in [2.45, 2.75) is 39.0 Å². The Morgan fingerprint density at radius 3 is 2.56 bits per heavy atom. The summed E-state index contributed by atoms with van der Waals surface area (Å²) < 4.78 is 5.59. The first-order chi connectivity index (χ1) is 7.33. The minimum absolute atomic E-state index is 0. The second-order valence-corrected chi connectivity index (χ2v) is 3.84. The summed E-state index contributed by atoms with van der Waals surface area (Å²) >= 11 is 0. The van der Waals surface area contributed by atoms with Gasteiger partial charge in [0.15, 0.2) is 0 Å². The van der Waals surface area contributed by atoms with E-state index in [1.165, 1.54) is 25.7 Å². The smallest absolute Gasteiger partial charge is 0.121 e. The Morgan fingerprint density at radius 2 is 1.88 bits per heavy atom. The molecule has 0 aliphatic rings. The third kappa shape index (κ3) is 6.57. The number of rotatable bonds is 7. The maximum atomic E-state index is 5.65. The lowest BCUT2D eigenvalue weighted by Crippen LogP contribution is -1.97. The Kier molecular flexibility index (Phi) is 8.82. The molecule has 16 heavy (non-hydrogen) atoms. The fourth-order valence-electron chi connectivity index (χ4n) is 1.50. The minimum atomic E-state index is 0. The van der Waals surface area contributed by atoms with Crippen LogP contribution in [0.1, 0.15) is 39.0 Å². The van der Waals surface area contributed by atoms with Gasteiger partial charge >= 0.3 is 0 Å². The van der Waals surface area contributed by atoms with E-state index in [4.69, 9.17) is 10.5 Å². The van der Waals surface area contributed by atoms with Gasteiger partial charge in [-0.25, -0.2) is 0 Å². The van der Waals surface area contributed by atoms with Crippen molar-refractivity contribution < 1.29 is 4.74 Å². The van der Waals surface area contributed by atoms with Gasteiger partial charge in [0.1, 0.15) is 5.75 Å². The number of halogens is 1. The molecule has 0 unspecified atom stereocenters. The van der Waals surface area contributed by atoms with Gasteiger partial charge in [-0.2, -0.15) is 0 Å². The number of hydrogen-bond acceptors (Lipinski definition) is 2. The van der Waals surface area contributed by atoms with Gasteiger partial charge in [-0.15, -0.1) is 12.4 Å². The predicted molar refractivity (Wildman–Crippen MR) is 72.4 cm³/mol. The normalized spacial score (nSPS) is 9.56. The molecule has 0 amide bonds. The molecule has 0 fully saturated rings. The van der Waals surface area contributed by atoms with E-state index in [0.717, 1.165) is 24.5 Å². The minimum Gasteiger partial charge on any atom is -0.494 e. The summed E-state index contributed by atoms with van der Waals surface area (Å²) in [5, 5.41) is 0. The van der Waals surface area contributed by atoms with Crippen LogP contribution in [0.2, 0.25) is 0 Å². The molecule has 3 heteroatoms. The van der Waals surface area contributed by atoms with Crippen molar-refractivity contribution in [3.8, 4) is 5.75 Å². The van der Waals surface area contributed by atoms with E-state index in [0.29, 0.717) is 0 Å². The number of nitrogens with two attached hydrogens (primary N) is 1. The van der Waals surface area contributed by atoms with Crippen LogP contribution in [0.5, 0.6) is 5.75 Å². The van der Waals surface area contributed by atoms with Gasteiger partial charge in [0.25, 0.3) is 0 Å². The molecule has 1 rings (SSSR count). The van der Waals surface area contributed by atoms with Gasteiger partial charge in [0.2, 0.25) is 0 Å². The second-order valence-electron chi connectivity index (χ2n) is 3.84. The average Bonchev–Trinajstić information content (AvgIpc) is 2.23. The number of hydrogen-bond donors (Lipinski definition) is 1. The van der Waals surface area contributed by atoms with Crippen LogP contribution < -0.4 is 10.5 Å². The van der Waals surface area contributed by atoms with Crippen molar-refractivity contribution >= 4 is 18.1 Å². The van der Waals surface area contributed by atoms with Crippen LogP contribution in [0.3, 0.4) is 0 Å². The molecule has 0 atom stereocenters. The van der Waals surface area contributed by atoms with Crippen molar-refractivity contribution in [1.29, 1.82) is 0 Å². The van der Waals surface area contributed by atoms with Gasteiger partial charge in [-0.05, 0) is 18.6 Å². The van der Waals surface area contributed by atoms with Crippen LogP contribution in [0.15, 0.2) is 24.3 Å². The van der Waals surface area contributed by atoms with E-state index >= 15 is 0 Å². The summed E-state index contributed by atoms with van der Waals surface area (Å²) in [4.78, 5) is 0. The predicted octanol–water partition coefficient (Wildman–Crippen LogP) is 4.04. The van der Waals surface area contributed by atoms with Gasteiger partial charge < -0.3 is 10.5 Å². The highest BCUT2D eigenvalue weighted by atomic mass is 35.5. The lowest BCUT2D eigenvalue weighted by atomic mass is 10.2. The quantitative estimate of drug-likeness (QED) is 0.580. The van der Waals surface area contributed by atoms with E-state index < -0.39 is 0 Å². The molecule has 0 heterocycles. The molecule has 0 aliphatic heterocycles. The van der Waals surface area contributed by atoms with Crippen LogP contribution in [-0.4, -0.2) is 6.61 Å². The largest absolute Gasteiger partial charge is 0.494 e. The van der Waals surface area contributed by atoms with E-state index in [1.807, 2.05) is 24.3 Å². The SMILES string of the molecule is CCCCCCCOc1cccc(N)c1.Cl. The van der Waals surface area contributed by atoms with E-state index in [1.54, 1.807) is 0 Å². The fraction of sp³-hybridized carbons (Fsp3) is 0.538. The molecule has 1 aromatic carbocycles. The third-order valence-corrected chi connectivity index (χ3v) is 2.37. The number of nitrogen functional groups attached to an aromatic ring is 1. The molecule has 1 aromatic rings. The molecule has 0 saturated heterocycles. The van der Waals surface area contributed by atoms with Gasteiger partial charge in [-0.3, -0.25) is 0 Å². The molecular formula is C13H22ClNO. The van der Waals surface area contributed by atoms with E-state index in [-0.39, 0.29) is 12.4 Å². The number of unbranched alkanes of at least 4 members (excludes halogenated alkanes) is 4. The molecule has 0 aliphatic carbocycles. The zero-order valence-corrected chi connectivity index (χ0v) is 10.8. The van der Waals surface area contributed by atoms with Crippen molar-refractivity contribution in [1.82, 2.24) is 0 Å². The average molecular weight is 244 g/mol. The van der Waals surface area contributed by atoms with Gasteiger partial charge in [0, 0.05) is 11.8 Å². The monoisotopic (exact) mass is 243 g/mol. The van der Waals surface area contributed by atoms with Crippen molar-refractivity contribution in [2.24, 2.45) is 0 Å². The lowest BCUT2D eigenvalue weighted by molar-refractivity contribution is 0.305. The van der Waals surface area contributed by atoms with Crippen LogP contribution in [0.4, 0.5) is 5.69 Å². The lowest BCUT2D eigenvalue weighted by Gasteiger charge is -2.06. The first-order valence-corrected chi connectivity index (χ1v) is 5.81. The summed E-state index contributed by atoms with van der Waals surface area (Å²) in [6.45, 7) is 3.02. The molecule has 0 saturated carbocycles.